The third-order valence-electron chi connectivity index (χ3n) is 3.45. The van der Waals surface area contributed by atoms with Crippen LogP contribution in [0.25, 0.3) is 0 Å². The van der Waals surface area contributed by atoms with E-state index in [-0.39, 0.29) is 13.1 Å². The van der Waals surface area contributed by atoms with Crippen LogP contribution in [-0.4, -0.2) is 48.1 Å². The number of carboxylic acids is 1. The quantitative estimate of drug-likeness (QED) is 0.835. The number of hydrogen-bond acceptors (Lipinski definition) is 3. The van der Waals surface area contributed by atoms with E-state index in [1.807, 2.05) is 0 Å². The number of nitrogens with zero attached hydrogens (tertiary/aromatic N) is 2. The molecule has 0 aliphatic carbocycles. The van der Waals surface area contributed by atoms with Crippen molar-refractivity contribution in [1.82, 2.24) is 4.90 Å². The van der Waals surface area contributed by atoms with Crippen molar-refractivity contribution in [2.75, 3.05) is 25.0 Å². The number of urea groups is 1. The number of primary amides is 1. The molecule has 7 heteroatoms. The van der Waals surface area contributed by atoms with Gasteiger partial charge in [0.15, 0.2) is 0 Å². The van der Waals surface area contributed by atoms with Gasteiger partial charge >= 0.3 is 12.0 Å². The largest absolute Gasteiger partial charge is 0.481 e. The van der Waals surface area contributed by atoms with Crippen LogP contribution in [0.5, 0.6) is 0 Å². The molecule has 1 unspecified atom stereocenters. The van der Waals surface area contributed by atoms with Crippen LogP contribution in [0.2, 0.25) is 0 Å². The van der Waals surface area contributed by atoms with Gasteiger partial charge in [-0.05, 0) is 18.1 Å². The molecular formula is C14H17N3O4. The fraction of sp³-hybridized carbons (Fsp3) is 0.357. The Kier molecular flexibility index (Phi) is 4.11. The van der Waals surface area contributed by atoms with Gasteiger partial charge in [-0.15, -0.1) is 0 Å². The first-order chi connectivity index (χ1) is 9.90. The lowest BCUT2D eigenvalue weighted by atomic mass is 9.93. The molecule has 0 bridgehead atoms. The second kappa shape index (κ2) is 5.82. The molecule has 0 saturated heterocycles. The zero-order valence-electron chi connectivity index (χ0n) is 11.7. The van der Waals surface area contributed by atoms with Gasteiger partial charge in [0.25, 0.3) is 0 Å². The Hall–Kier alpha value is -2.57. The van der Waals surface area contributed by atoms with E-state index in [0.717, 1.165) is 5.56 Å². The lowest BCUT2D eigenvalue weighted by molar-refractivity contribution is -0.141. The van der Waals surface area contributed by atoms with Crippen LogP contribution in [0.3, 0.4) is 0 Å². The number of benzene rings is 1. The summed E-state index contributed by atoms with van der Waals surface area (Å²) >= 11 is 0. The van der Waals surface area contributed by atoms with Gasteiger partial charge in [-0.25, -0.2) is 4.79 Å². The van der Waals surface area contributed by atoms with E-state index in [1.165, 1.54) is 16.8 Å². The molecule has 0 saturated carbocycles. The minimum Gasteiger partial charge on any atom is -0.481 e. The number of carboxylic acid groups (broad SMARTS) is 1. The summed E-state index contributed by atoms with van der Waals surface area (Å²) in [7, 11) is 1.46. The normalized spacial score (nSPS) is 17.0. The molecule has 1 aromatic carbocycles. The second-order valence-corrected chi connectivity index (χ2v) is 5.08. The van der Waals surface area contributed by atoms with E-state index in [2.05, 4.69) is 0 Å². The van der Waals surface area contributed by atoms with Gasteiger partial charge in [-0.2, -0.15) is 0 Å². The predicted octanol–water partition coefficient (Wildman–Crippen LogP) is 0.287. The maximum absolute atomic E-state index is 12.4. The SMILES string of the molecule is CN(CC(N)=O)C(=O)N1CC(C(=O)O)Cc2ccccc21. The van der Waals surface area contributed by atoms with Crippen molar-refractivity contribution in [2.45, 2.75) is 6.42 Å². The summed E-state index contributed by atoms with van der Waals surface area (Å²) in [5.41, 5.74) is 6.57. The molecule has 3 amide bonds. The zero-order valence-corrected chi connectivity index (χ0v) is 11.7. The number of carbonyl (C=O) groups excluding carboxylic acids is 2. The Bertz CT molecular complexity index is 587. The van der Waals surface area contributed by atoms with Gasteiger partial charge in [-0.3, -0.25) is 14.5 Å². The molecule has 1 aromatic rings. The van der Waals surface area contributed by atoms with Gasteiger partial charge < -0.3 is 15.7 Å². The average molecular weight is 291 g/mol. The van der Waals surface area contributed by atoms with Gasteiger partial charge in [0.05, 0.1) is 5.92 Å². The Morgan fingerprint density at radius 3 is 2.67 bits per heavy atom. The topological polar surface area (TPSA) is 104 Å². The molecule has 0 radical (unpaired) electrons. The number of anilines is 1. The Morgan fingerprint density at radius 2 is 2.05 bits per heavy atom. The van der Waals surface area contributed by atoms with Crippen molar-refractivity contribution in [3.63, 3.8) is 0 Å². The summed E-state index contributed by atoms with van der Waals surface area (Å²) in [4.78, 5) is 37.2. The number of carbonyl (C=O) groups is 3. The van der Waals surface area contributed by atoms with E-state index in [4.69, 9.17) is 5.73 Å². The minimum atomic E-state index is -0.945. The molecule has 1 aliphatic heterocycles. The monoisotopic (exact) mass is 291 g/mol. The molecule has 0 aromatic heterocycles. The van der Waals surface area contributed by atoms with Crippen LogP contribution in [-0.2, 0) is 16.0 Å². The standard InChI is InChI=1S/C14H17N3O4/c1-16(8-12(15)18)14(21)17-7-10(13(19)20)6-9-4-2-3-5-11(9)17/h2-5,10H,6-8H2,1H3,(H2,15,18)(H,19,20). The molecule has 7 nitrogen and oxygen atoms in total. The average Bonchev–Trinajstić information content (AvgIpc) is 2.44. The molecule has 21 heavy (non-hydrogen) atoms. The summed E-state index contributed by atoms with van der Waals surface area (Å²) < 4.78 is 0. The van der Waals surface area contributed by atoms with Gasteiger partial charge in [0.2, 0.25) is 5.91 Å². The molecule has 2 rings (SSSR count). The molecule has 1 aliphatic rings. The van der Waals surface area contributed by atoms with Gasteiger partial charge in [-0.1, -0.05) is 18.2 Å². The van der Waals surface area contributed by atoms with E-state index < -0.39 is 23.8 Å². The number of likely N-dealkylation sites (N-methyl/N-ethyl adjacent to an activating group) is 1. The Morgan fingerprint density at radius 1 is 1.38 bits per heavy atom. The molecule has 112 valence electrons. The van der Waals surface area contributed by atoms with Crippen molar-refractivity contribution in [3.8, 4) is 0 Å². The first-order valence-electron chi connectivity index (χ1n) is 6.51. The van der Waals surface area contributed by atoms with Crippen LogP contribution in [0.15, 0.2) is 24.3 Å². The smallest absolute Gasteiger partial charge is 0.324 e. The molecule has 3 N–H and O–H groups in total. The summed E-state index contributed by atoms with van der Waals surface area (Å²) in [5, 5.41) is 9.22. The molecule has 0 spiro atoms. The fourth-order valence-corrected chi connectivity index (χ4v) is 2.45. The minimum absolute atomic E-state index is 0.0777. The van der Waals surface area contributed by atoms with Crippen molar-refractivity contribution < 1.29 is 19.5 Å². The summed E-state index contributed by atoms with van der Waals surface area (Å²) in [6.45, 7) is -0.135. The molecule has 0 fully saturated rings. The number of amides is 3. The summed E-state index contributed by atoms with van der Waals surface area (Å²) in [5.74, 6) is -2.23. The molecule has 1 atom stereocenters. The van der Waals surface area contributed by atoms with E-state index >= 15 is 0 Å². The van der Waals surface area contributed by atoms with Crippen LogP contribution >= 0.6 is 0 Å². The highest BCUT2D eigenvalue weighted by molar-refractivity contribution is 5.96. The lowest BCUT2D eigenvalue weighted by Gasteiger charge is -2.35. The van der Waals surface area contributed by atoms with Crippen LogP contribution in [0, 0.1) is 5.92 Å². The van der Waals surface area contributed by atoms with E-state index in [9.17, 15) is 19.5 Å². The lowest BCUT2D eigenvalue weighted by Crippen LogP contribution is -2.49. The first-order valence-corrected chi connectivity index (χ1v) is 6.51. The number of para-hydroxylation sites is 1. The molecule has 1 heterocycles. The summed E-state index contributed by atoms with van der Waals surface area (Å²) in [6.07, 6.45) is 0.384. The Labute approximate surface area is 121 Å². The number of fused-ring (bicyclic) bond motifs is 1. The van der Waals surface area contributed by atoms with E-state index in [1.54, 1.807) is 24.3 Å². The van der Waals surface area contributed by atoms with Crippen molar-refractivity contribution in [2.24, 2.45) is 11.7 Å². The highest BCUT2D eigenvalue weighted by Crippen LogP contribution is 2.30. The first kappa shape index (κ1) is 14.8. The van der Waals surface area contributed by atoms with Crippen LogP contribution < -0.4 is 10.6 Å². The zero-order chi connectivity index (χ0) is 15.6. The predicted molar refractivity (Wildman–Crippen MR) is 75.8 cm³/mol. The van der Waals surface area contributed by atoms with E-state index in [0.29, 0.717) is 12.1 Å². The molecular weight excluding hydrogens is 274 g/mol. The van der Waals surface area contributed by atoms with Crippen molar-refractivity contribution >= 4 is 23.6 Å². The van der Waals surface area contributed by atoms with Crippen molar-refractivity contribution in [3.05, 3.63) is 29.8 Å². The third kappa shape index (κ3) is 3.13. The third-order valence-corrected chi connectivity index (χ3v) is 3.45. The highest BCUT2D eigenvalue weighted by atomic mass is 16.4. The number of aliphatic carboxylic acids is 1. The van der Waals surface area contributed by atoms with Gasteiger partial charge in [0, 0.05) is 19.3 Å². The second-order valence-electron chi connectivity index (χ2n) is 5.08. The number of nitrogens with two attached hydrogens (primary N) is 1. The highest BCUT2D eigenvalue weighted by Gasteiger charge is 2.33. The van der Waals surface area contributed by atoms with Crippen LogP contribution in [0.4, 0.5) is 10.5 Å². The van der Waals surface area contributed by atoms with Gasteiger partial charge in [0.1, 0.15) is 6.54 Å². The van der Waals surface area contributed by atoms with Crippen molar-refractivity contribution in [1.29, 1.82) is 0 Å². The number of rotatable bonds is 3. The number of hydrogen-bond donors (Lipinski definition) is 2. The summed E-state index contributed by atoms with van der Waals surface area (Å²) in [6, 6.07) is 6.72. The Balaban J connectivity index is 2.30. The van der Waals surface area contributed by atoms with Crippen LogP contribution in [0.1, 0.15) is 5.56 Å². The fourth-order valence-electron chi connectivity index (χ4n) is 2.45. The maximum atomic E-state index is 12.4. The maximum Gasteiger partial charge on any atom is 0.324 e.